The molecule has 0 fully saturated rings. The summed E-state index contributed by atoms with van der Waals surface area (Å²) in [5, 5.41) is 16.9. The van der Waals surface area contributed by atoms with Crippen LogP contribution in [0, 0.1) is 11.8 Å². The van der Waals surface area contributed by atoms with Crippen LogP contribution in [0.5, 0.6) is 0 Å². The maximum absolute atomic E-state index is 10.4. The van der Waals surface area contributed by atoms with Crippen LogP contribution in [0.25, 0.3) is 0 Å². The van der Waals surface area contributed by atoms with Gasteiger partial charge in [0.15, 0.2) is 0 Å². The Kier molecular flexibility index (Phi) is 22.2. The second-order valence-electron chi connectivity index (χ2n) is 5.97. The van der Waals surface area contributed by atoms with E-state index in [9.17, 15) is 9.59 Å². The van der Waals surface area contributed by atoms with Gasteiger partial charge in [-0.3, -0.25) is 9.59 Å². The number of hydrogen-bond donors (Lipinski definition) is 2. The molecule has 2 N–H and O–H groups in total. The average molecular weight is 358 g/mol. The van der Waals surface area contributed by atoms with Gasteiger partial charge in [0.25, 0.3) is 0 Å². The Hall–Kier alpha value is -0.541. The number of rotatable bonds is 11. The fourth-order valence-electron chi connectivity index (χ4n) is 1.96. The molecule has 0 aromatic heterocycles. The van der Waals surface area contributed by atoms with Crippen molar-refractivity contribution in [3.8, 4) is 0 Å². The molecule has 0 bridgehead atoms. The minimum absolute atomic E-state index is 0. The Morgan fingerprint density at radius 1 is 0.909 bits per heavy atom. The van der Waals surface area contributed by atoms with E-state index in [1.54, 1.807) is 0 Å². The van der Waals surface area contributed by atoms with E-state index in [1.165, 1.54) is 12.8 Å². The number of aliphatic carboxylic acids is 2. The molecule has 5 heteroatoms. The van der Waals surface area contributed by atoms with Crippen molar-refractivity contribution in [2.45, 2.75) is 85.5 Å². The third-order valence-corrected chi connectivity index (χ3v) is 3.42. The van der Waals surface area contributed by atoms with Crippen molar-refractivity contribution in [2.75, 3.05) is 0 Å². The van der Waals surface area contributed by atoms with Crippen LogP contribution in [0.2, 0.25) is 0 Å². The molecule has 1 unspecified atom stereocenters. The molecule has 4 nitrogen and oxygen atoms in total. The topological polar surface area (TPSA) is 74.6 Å². The third kappa shape index (κ3) is 21.8. The molecule has 0 heterocycles. The van der Waals surface area contributed by atoms with Gasteiger partial charge in [-0.05, 0) is 25.2 Å². The maximum Gasteiger partial charge on any atom is 0.306 e. The van der Waals surface area contributed by atoms with Gasteiger partial charge in [0.1, 0.15) is 0 Å². The summed E-state index contributed by atoms with van der Waals surface area (Å²) in [4.78, 5) is 20.5. The largest absolute Gasteiger partial charge is 0.481 e. The van der Waals surface area contributed by atoms with Gasteiger partial charge in [0.05, 0.1) is 5.92 Å². The summed E-state index contributed by atoms with van der Waals surface area (Å²) in [7, 11) is 0. The molecule has 0 saturated heterocycles. The third-order valence-electron chi connectivity index (χ3n) is 3.42. The van der Waals surface area contributed by atoms with Gasteiger partial charge < -0.3 is 10.2 Å². The van der Waals surface area contributed by atoms with Gasteiger partial charge >= 0.3 is 11.9 Å². The first-order chi connectivity index (χ1) is 9.84. The zero-order chi connectivity index (χ0) is 16.7. The summed E-state index contributed by atoms with van der Waals surface area (Å²) in [6, 6.07) is 0. The van der Waals surface area contributed by atoms with Crippen molar-refractivity contribution in [3.63, 3.8) is 0 Å². The zero-order valence-electron chi connectivity index (χ0n) is 14.6. The van der Waals surface area contributed by atoms with Gasteiger partial charge in [-0.1, -0.05) is 59.8 Å². The van der Waals surface area contributed by atoms with Crippen LogP contribution < -0.4 is 0 Å². The first kappa shape index (κ1) is 26.4. The van der Waals surface area contributed by atoms with Crippen molar-refractivity contribution < 1.29 is 36.9 Å². The van der Waals surface area contributed by atoms with Gasteiger partial charge in [0, 0.05) is 23.5 Å². The number of carboxylic acid groups (broad SMARTS) is 2. The molecule has 0 aliphatic heterocycles. The van der Waals surface area contributed by atoms with Crippen molar-refractivity contribution in [1.82, 2.24) is 0 Å². The molecule has 0 aromatic carbocycles. The molecule has 0 aliphatic rings. The second kappa shape index (κ2) is 18.5. The molecule has 0 saturated carbocycles. The monoisotopic (exact) mass is 358 g/mol. The minimum Gasteiger partial charge on any atom is -0.481 e. The van der Waals surface area contributed by atoms with Crippen LogP contribution in [0.4, 0.5) is 0 Å². The summed E-state index contributed by atoms with van der Waals surface area (Å²) >= 11 is 0. The smallest absolute Gasteiger partial charge is 0.306 e. The van der Waals surface area contributed by atoms with Crippen molar-refractivity contribution in [1.29, 1.82) is 0 Å². The second-order valence-corrected chi connectivity index (χ2v) is 5.97. The van der Waals surface area contributed by atoms with E-state index in [4.69, 9.17) is 10.2 Å². The first-order valence-corrected chi connectivity index (χ1v) is 8.29. The molecule has 0 aromatic rings. The summed E-state index contributed by atoms with van der Waals surface area (Å²) in [5.74, 6) is -0.676. The predicted molar refractivity (Wildman–Crippen MR) is 86.5 cm³/mol. The van der Waals surface area contributed by atoms with Gasteiger partial charge in [-0.15, -0.1) is 0 Å². The fourth-order valence-corrected chi connectivity index (χ4v) is 1.96. The predicted octanol–water partition coefficient (Wildman–Crippen LogP) is 4.96. The number of unbranched alkanes of at least 4 members (excludes halogenated alkanes) is 3. The number of carbonyl (C=O) groups is 2. The summed E-state index contributed by atoms with van der Waals surface area (Å²) in [6.45, 7) is 8.39. The van der Waals surface area contributed by atoms with E-state index < -0.39 is 11.9 Å². The molecule has 0 amide bonds. The normalized spacial score (nSPS) is 11.1. The van der Waals surface area contributed by atoms with Crippen LogP contribution in [-0.2, 0) is 26.7 Å². The van der Waals surface area contributed by atoms with Gasteiger partial charge in [-0.25, -0.2) is 0 Å². The summed E-state index contributed by atoms with van der Waals surface area (Å²) in [5.41, 5.74) is 0. The van der Waals surface area contributed by atoms with Crippen LogP contribution in [-0.4, -0.2) is 22.2 Å². The van der Waals surface area contributed by atoms with Crippen molar-refractivity contribution in [2.24, 2.45) is 11.8 Å². The van der Waals surface area contributed by atoms with E-state index in [2.05, 4.69) is 20.8 Å². The van der Waals surface area contributed by atoms with E-state index in [0.29, 0.717) is 6.42 Å². The summed E-state index contributed by atoms with van der Waals surface area (Å²) < 4.78 is 0. The molecule has 0 radical (unpaired) electrons. The SMILES string of the molecule is CC(C)CCCCCC(=O)O.CCCCC(CC)C(=O)O.[Fe]. The van der Waals surface area contributed by atoms with Crippen molar-refractivity contribution in [3.05, 3.63) is 0 Å². The Balaban J connectivity index is -0.000000315. The molecular weight excluding hydrogens is 324 g/mol. The standard InChI is InChI=1S/C9H18O2.C8H16O2.Fe/c1-8(2)6-4-3-5-7-9(10)11;1-3-5-6-7(4-2)8(9)10;/h8H,3-7H2,1-2H3,(H,10,11);7H,3-6H2,1-2H3,(H,9,10);. The van der Waals surface area contributed by atoms with Crippen LogP contribution in [0.3, 0.4) is 0 Å². The van der Waals surface area contributed by atoms with Crippen LogP contribution >= 0.6 is 0 Å². The van der Waals surface area contributed by atoms with E-state index >= 15 is 0 Å². The van der Waals surface area contributed by atoms with Crippen LogP contribution in [0.1, 0.15) is 85.5 Å². The van der Waals surface area contributed by atoms with Gasteiger partial charge in [0.2, 0.25) is 0 Å². The Morgan fingerprint density at radius 2 is 1.50 bits per heavy atom. The molecule has 0 spiro atoms. The van der Waals surface area contributed by atoms with Gasteiger partial charge in [-0.2, -0.15) is 0 Å². The maximum atomic E-state index is 10.4. The summed E-state index contributed by atoms with van der Waals surface area (Å²) in [6.07, 6.45) is 8.33. The molecule has 22 heavy (non-hydrogen) atoms. The Labute approximate surface area is 146 Å². The Morgan fingerprint density at radius 3 is 1.86 bits per heavy atom. The van der Waals surface area contributed by atoms with Crippen molar-refractivity contribution >= 4 is 11.9 Å². The fraction of sp³-hybridized carbons (Fsp3) is 0.882. The van der Waals surface area contributed by atoms with E-state index in [-0.39, 0.29) is 23.0 Å². The molecule has 1 atom stereocenters. The average Bonchev–Trinajstić information content (AvgIpc) is 2.39. The van der Waals surface area contributed by atoms with E-state index in [0.717, 1.165) is 44.4 Å². The molecular formula is C17H34FeO4. The molecule has 134 valence electrons. The van der Waals surface area contributed by atoms with E-state index in [1.807, 2.05) is 6.92 Å². The van der Waals surface area contributed by atoms with Crippen LogP contribution in [0.15, 0.2) is 0 Å². The number of hydrogen-bond acceptors (Lipinski definition) is 2. The number of carboxylic acids is 2. The first-order valence-electron chi connectivity index (χ1n) is 8.29. The molecule has 0 rings (SSSR count). The zero-order valence-corrected chi connectivity index (χ0v) is 15.7. The minimum atomic E-state index is -0.672. The Bertz CT molecular complexity index is 267. The molecule has 0 aliphatic carbocycles. The quantitative estimate of drug-likeness (QED) is 0.404.